The molecule has 25 heavy (non-hydrogen) atoms. The van der Waals surface area contributed by atoms with E-state index < -0.39 is 0 Å². The zero-order valence-corrected chi connectivity index (χ0v) is 19.2. The topological polar surface area (TPSA) is 0 Å². The molecule has 0 aliphatic carbocycles. The molecule has 0 aromatic rings. The lowest BCUT2D eigenvalue weighted by Crippen LogP contribution is -2.11. The average Bonchev–Trinajstić information content (AvgIpc) is 2.62. The molecule has 0 rings (SSSR count). The minimum Gasteiger partial charge on any atom is -0.133 e. The third-order valence-corrected chi connectivity index (χ3v) is 6.37. The van der Waals surface area contributed by atoms with E-state index in [1.54, 1.807) is 5.57 Å². The molecule has 0 N–H and O–H groups in total. The molecule has 0 heterocycles. The Morgan fingerprint density at radius 2 is 1.72 bits per heavy atom. The van der Waals surface area contributed by atoms with Crippen LogP contribution in [0.4, 0.5) is 0 Å². The number of allylic oxidation sites excluding steroid dienone is 3. The minimum absolute atomic E-state index is 0.767. The van der Waals surface area contributed by atoms with Crippen LogP contribution in [0.2, 0.25) is 0 Å². The molecule has 0 fully saturated rings. The van der Waals surface area contributed by atoms with Gasteiger partial charge in [-0.2, -0.15) is 0 Å². The molecule has 0 saturated heterocycles. The van der Waals surface area contributed by atoms with Crippen LogP contribution in [-0.2, 0) is 0 Å². The summed E-state index contributed by atoms with van der Waals surface area (Å²) in [5.74, 6) is 2.46. The van der Waals surface area contributed by atoms with E-state index in [4.69, 9.17) is 0 Å². The van der Waals surface area contributed by atoms with Gasteiger partial charge in [0.15, 0.2) is 0 Å². The Labute approximate surface area is 162 Å². The summed E-state index contributed by atoms with van der Waals surface area (Å²) in [6.07, 6.45) is 18.1. The highest BCUT2D eigenvalue weighted by Gasteiger charge is 2.16. The van der Waals surface area contributed by atoms with Crippen molar-refractivity contribution < 1.29 is 0 Å². The van der Waals surface area contributed by atoms with Gasteiger partial charge in [-0.25, -0.2) is 0 Å². The molecule has 0 aliphatic heterocycles. The van der Waals surface area contributed by atoms with Crippen molar-refractivity contribution in [2.75, 3.05) is 6.16 Å². The molecule has 0 spiro atoms. The van der Waals surface area contributed by atoms with Gasteiger partial charge in [0.25, 0.3) is 0 Å². The second kappa shape index (κ2) is 16.1. The van der Waals surface area contributed by atoms with Crippen LogP contribution >= 0.6 is 9.24 Å². The van der Waals surface area contributed by atoms with Crippen LogP contribution in [0.25, 0.3) is 0 Å². The predicted molar refractivity (Wildman–Crippen MR) is 121 cm³/mol. The van der Waals surface area contributed by atoms with Gasteiger partial charge in [0.2, 0.25) is 0 Å². The van der Waals surface area contributed by atoms with Gasteiger partial charge in [-0.1, -0.05) is 84.1 Å². The van der Waals surface area contributed by atoms with Crippen LogP contribution < -0.4 is 0 Å². The fourth-order valence-electron chi connectivity index (χ4n) is 3.65. The zero-order valence-electron chi connectivity index (χ0n) is 18.1. The van der Waals surface area contributed by atoms with Gasteiger partial charge < -0.3 is 0 Å². The van der Waals surface area contributed by atoms with Crippen molar-refractivity contribution in [2.45, 2.75) is 105 Å². The summed E-state index contributed by atoms with van der Waals surface area (Å²) in [4.78, 5) is 0. The fourth-order valence-corrected chi connectivity index (χ4v) is 4.08. The van der Waals surface area contributed by atoms with Gasteiger partial charge in [-0.15, -0.1) is 9.24 Å². The van der Waals surface area contributed by atoms with Crippen LogP contribution in [-0.4, -0.2) is 6.16 Å². The summed E-state index contributed by atoms with van der Waals surface area (Å²) < 4.78 is 0. The van der Waals surface area contributed by atoms with E-state index in [-0.39, 0.29) is 0 Å². The highest BCUT2D eigenvalue weighted by atomic mass is 31.0. The molecule has 148 valence electrons. The Hall–Kier alpha value is -0.0900. The lowest BCUT2D eigenvalue weighted by atomic mass is 9.82. The van der Waals surface area contributed by atoms with Gasteiger partial charge in [0, 0.05) is 0 Å². The van der Waals surface area contributed by atoms with Crippen molar-refractivity contribution >= 4 is 9.24 Å². The highest BCUT2D eigenvalue weighted by molar-refractivity contribution is 7.16. The maximum atomic E-state index is 4.33. The van der Waals surface area contributed by atoms with Crippen LogP contribution in [0.15, 0.2) is 23.8 Å². The lowest BCUT2D eigenvalue weighted by molar-refractivity contribution is 0.332. The van der Waals surface area contributed by atoms with E-state index in [1.807, 2.05) is 0 Å². The Kier molecular flexibility index (Phi) is 16.1. The van der Waals surface area contributed by atoms with Gasteiger partial charge >= 0.3 is 0 Å². The summed E-state index contributed by atoms with van der Waals surface area (Å²) in [6.45, 7) is 16.0. The third-order valence-electron chi connectivity index (χ3n) is 5.84. The van der Waals surface area contributed by atoms with Gasteiger partial charge in [-0.05, 0) is 68.9 Å². The van der Waals surface area contributed by atoms with E-state index in [2.05, 4.69) is 56.5 Å². The molecule has 0 nitrogen and oxygen atoms in total. The smallest absolute Gasteiger partial charge is 0.0170 e. The molecule has 4 atom stereocenters. The van der Waals surface area contributed by atoms with Crippen molar-refractivity contribution in [1.29, 1.82) is 0 Å². The second-order valence-corrected chi connectivity index (χ2v) is 8.56. The quantitative estimate of drug-likeness (QED) is 0.146. The monoisotopic (exact) mass is 366 g/mol. The Morgan fingerprint density at radius 1 is 1.00 bits per heavy atom. The summed E-state index contributed by atoms with van der Waals surface area (Å²) in [5, 5.41) is 0. The van der Waals surface area contributed by atoms with Crippen molar-refractivity contribution in [1.82, 2.24) is 0 Å². The molecular weight excluding hydrogens is 319 g/mol. The molecular formula is C24H47P. The molecule has 0 aromatic heterocycles. The number of unbranched alkanes of at least 4 members (excludes halogenated alkanes) is 2. The maximum absolute atomic E-state index is 4.33. The van der Waals surface area contributed by atoms with E-state index in [0.29, 0.717) is 0 Å². The van der Waals surface area contributed by atoms with Gasteiger partial charge in [0.1, 0.15) is 0 Å². The van der Waals surface area contributed by atoms with E-state index in [9.17, 15) is 0 Å². The van der Waals surface area contributed by atoms with Crippen LogP contribution in [0, 0.1) is 17.8 Å². The van der Waals surface area contributed by atoms with E-state index in [1.165, 1.54) is 76.2 Å². The molecule has 0 saturated carbocycles. The molecule has 0 aliphatic rings. The first-order chi connectivity index (χ1) is 12.0. The molecule has 0 amide bonds. The number of hydrogen-bond acceptors (Lipinski definition) is 0. The summed E-state index contributed by atoms with van der Waals surface area (Å²) in [6, 6.07) is 0. The Bertz CT molecular complexity index is 349. The second-order valence-electron chi connectivity index (χ2n) is 8.15. The van der Waals surface area contributed by atoms with Crippen molar-refractivity contribution in [3.05, 3.63) is 23.8 Å². The molecule has 0 bridgehead atoms. The third kappa shape index (κ3) is 12.8. The first kappa shape index (κ1) is 24.9. The largest absolute Gasteiger partial charge is 0.133 e. The lowest BCUT2D eigenvalue weighted by Gasteiger charge is -2.24. The fraction of sp³-hybridized carbons (Fsp3) is 0.833. The van der Waals surface area contributed by atoms with Crippen molar-refractivity contribution in [3.63, 3.8) is 0 Å². The SMILES string of the molecule is C=C(CCCCC)CCC(CC)CC(C=C(CC)CP)CC(C)CC. The summed E-state index contributed by atoms with van der Waals surface area (Å²) in [5.41, 5.74) is 3.11. The van der Waals surface area contributed by atoms with Gasteiger partial charge in [-0.3, -0.25) is 0 Å². The number of hydrogen-bond donors (Lipinski definition) is 0. The van der Waals surface area contributed by atoms with Crippen LogP contribution in [0.5, 0.6) is 0 Å². The molecule has 0 radical (unpaired) electrons. The standard InChI is InChI=1S/C24H47P/c1-7-11-12-13-21(6)14-15-22(9-3)17-24(16-20(5)8-2)18-23(10-4)19-25/h18,20,22,24H,6-17,19,25H2,1-5H3. The molecule has 1 heteroatoms. The van der Waals surface area contributed by atoms with Crippen molar-refractivity contribution in [3.8, 4) is 0 Å². The van der Waals surface area contributed by atoms with E-state index >= 15 is 0 Å². The molecule has 0 aromatic carbocycles. The first-order valence-corrected chi connectivity index (χ1v) is 11.9. The minimum atomic E-state index is 0.767. The first-order valence-electron chi connectivity index (χ1n) is 11.1. The Balaban J connectivity index is 4.63. The van der Waals surface area contributed by atoms with Gasteiger partial charge in [0.05, 0.1) is 0 Å². The maximum Gasteiger partial charge on any atom is -0.0170 e. The summed E-state index contributed by atoms with van der Waals surface area (Å²) >= 11 is 0. The van der Waals surface area contributed by atoms with Crippen molar-refractivity contribution in [2.24, 2.45) is 17.8 Å². The van der Waals surface area contributed by atoms with Crippen LogP contribution in [0.1, 0.15) is 105 Å². The highest BCUT2D eigenvalue weighted by Crippen LogP contribution is 2.30. The van der Waals surface area contributed by atoms with E-state index in [0.717, 1.165) is 23.9 Å². The zero-order chi connectivity index (χ0) is 19.1. The molecule has 4 unspecified atom stereocenters. The normalized spacial score (nSPS) is 15.8. The predicted octanol–water partition coefficient (Wildman–Crippen LogP) is 8.58. The average molecular weight is 367 g/mol. The summed E-state index contributed by atoms with van der Waals surface area (Å²) in [7, 11) is 2.92. The van der Waals surface area contributed by atoms with Crippen LogP contribution in [0.3, 0.4) is 0 Å². The Morgan fingerprint density at radius 3 is 2.24 bits per heavy atom. The number of rotatable bonds is 16.